The van der Waals surface area contributed by atoms with Crippen LogP contribution in [0, 0.1) is 6.92 Å². The molecule has 0 bridgehead atoms. The molecule has 1 atom stereocenters. The number of nitrogens with one attached hydrogen (secondary N) is 1. The zero-order valence-corrected chi connectivity index (χ0v) is 14.3. The monoisotopic (exact) mass is 341 g/mol. The molecule has 0 aliphatic carbocycles. The van der Waals surface area contributed by atoms with Gasteiger partial charge in [-0.1, -0.05) is 29.8 Å². The molecule has 0 aromatic heterocycles. The van der Waals surface area contributed by atoms with Crippen LogP contribution in [0.25, 0.3) is 0 Å². The molecule has 0 fully saturated rings. The van der Waals surface area contributed by atoms with Crippen LogP contribution in [-0.2, 0) is 0 Å². The molecule has 0 aliphatic rings. The quantitative estimate of drug-likeness (QED) is 0.782. The molecule has 4 nitrogen and oxygen atoms in total. The van der Waals surface area contributed by atoms with Gasteiger partial charge in [0.05, 0.1) is 0 Å². The lowest BCUT2D eigenvalue weighted by atomic mass is 10.1. The van der Waals surface area contributed by atoms with Crippen LogP contribution in [0.15, 0.2) is 16.6 Å². The molecule has 1 aromatic carbocycles. The second-order valence-electron chi connectivity index (χ2n) is 5.03. The van der Waals surface area contributed by atoms with Gasteiger partial charge in [0, 0.05) is 28.3 Å². The minimum atomic E-state index is -0.0739. The van der Waals surface area contributed by atoms with Crippen molar-refractivity contribution in [2.24, 2.45) is 0 Å². The number of likely N-dealkylation sites (N-methyl/N-ethyl adjacent to an activating group) is 1. The van der Waals surface area contributed by atoms with Crippen molar-refractivity contribution in [1.29, 1.82) is 0 Å². The summed E-state index contributed by atoms with van der Waals surface area (Å²) in [4.78, 5) is 14.6. The van der Waals surface area contributed by atoms with Crippen molar-refractivity contribution in [1.82, 2.24) is 10.2 Å². The molecule has 1 rings (SSSR count). The lowest BCUT2D eigenvalue weighted by molar-refractivity contribution is 0.0929. The van der Waals surface area contributed by atoms with E-state index in [1.54, 1.807) is 0 Å². The minimum Gasteiger partial charge on any atom is -0.398 e. The van der Waals surface area contributed by atoms with Crippen LogP contribution < -0.4 is 11.1 Å². The number of amides is 1. The van der Waals surface area contributed by atoms with Crippen molar-refractivity contribution in [3.8, 4) is 0 Å². The summed E-state index contributed by atoms with van der Waals surface area (Å²) in [6.45, 7) is 11.0. The van der Waals surface area contributed by atoms with Gasteiger partial charge in [-0.15, -0.1) is 0 Å². The van der Waals surface area contributed by atoms with Crippen molar-refractivity contribution >= 4 is 27.5 Å². The number of rotatable bonds is 6. The minimum absolute atomic E-state index is 0.0739. The molecule has 5 heteroatoms. The van der Waals surface area contributed by atoms with Crippen LogP contribution in [0.5, 0.6) is 0 Å². The third-order valence-corrected chi connectivity index (χ3v) is 3.92. The van der Waals surface area contributed by atoms with E-state index >= 15 is 0 Å². The molecule has 1 aromatic rings. The maximum atomic E-state index is 12.3. The van der Waals surface area contributed by atoms with Crippen LogP contribution in [-0.4, -0.2) is 36.5 Å². The van der Waals surface area contributed by atoms with Crippen molar-refractivity contribution in [3.63, 3.8) is 0 Å². The number of nitrogen functional groups attached to an aromatic ring is 1. The zero-order valence-electron chi connectivity index (χ0n) is 12.7. The van der Waals surface area contributed by atoms with E-state index in [4.69, 9.17) is 5.73 Å². The molecule has 3 N–H and O–H groups in total. The van der Waals surface area contributed by atoms with E-state index < -0.39 is 0 Å². The Balaban J connectivity index is 2.76. The summed E-state index contributed by atoms with van der Waals surface area (Å²) >= 11 is 3.38. The van der Waals surface area contributed by atoms with E-state index in [0.29, 0.717) is 11.3 Å². The molecule has 1 amide bonds. The normalized spacial score (nSPS) is 12.5. The summed E-state index contributed by atoms with van der Waals surface area (Å²) in [6.07, 6.45) is 0. The van der Waals surface area contributed by atoms with E-state index in [9.17, 15) is 4.79 Å². The fourth-order valence-electron chi connectivity index (χ4n) is 2.15. The summed E-state index contributed by atoms with van der Waals surface area (Å²) in [6, 6.07) is 3.72. The highest BCUT2D eigenvalue weighted by Gasteiger charge is 2.15. The molecule has 0 aliphatic heterocycles. The van der Waals surface area contributed by atoms with Crippen molar-refractivity contribution in [2.75, 3.05) is 25.4 Å². The summed E-state index contributed by atoms with van der Waals surface area (Å²) in [5.41, 5.74) is 7.97. The smallest absolute Gasteiger partial charge is 0.251 e. The van der Waals surface area contributed by atoms with E-state index in [1.807, 2.05) is 26.0 Å². The predicted molar refractivity (Wildman–Crippen MR) is 88.0 cm³/mol. The van der Waals surface area contributed by atoms with Gasteiger partial charge in [-0.2, -0.15) is 0 Å². The maximum Gasteiger partial charge on any atom is 0.251 e. The van der Waals surface area contributed by atoms with Gasteiger partial charge in [0.2, 0.25) is 0 Å². The highest BCUT2D eigenvalue weighted by atomic mass is 79.9. The Labute approximate surface area is 129 Å². The second-order valence-corrected chi connectivity index (χ2v) is 5.94. The Morgan fingerprint density at radius 2 is 2.00 bits per heavy atom. The Hall–Kier alpha value is -1.07. The fraction of sp³-hybridized carbons (Fsp3) is 0.533. The number of anilines is 1. The molecule has 0 radical (unpaired) electrons. The van der Waals surface area contributed by atoms with Gasteiger partial charge < -0.3 is 16.0 Å². The predicted octanol–water partition coefficient (Wildman–Crippen LogP) is 2.80. The van der Waals surface area contributed by atoms with Gasteiger partial charge in [0.15, 0.2) is 0 Å². The second kappa shape index (κ2) is 7.64. The average Bonchev–Trinajstić information content (AvgIpc) is 2.39. The summed E-state index contributed by atoms with van der Waals surface area (Å²) < 4.78 is 0.821. The Bertz CT molecular complexity index is 472. The van der Waals surface area contributed by atoms with Gasteiger partial charge in [0.25, 0.3) is 5.91 Å². The molecule has 0 saturated carbocycles. The summed E-state index contributed by atoms with van der Waals surface area (Å²) in [5, 5.41) is 3.03. The Morgan fingerprint density at radius 3 is 2.55 bits per heavy atom. The molecular weight excluding hydrogens is 318 g/mol. The third kappa shape index (κ3) is 4.49. The van der Waals surface area contributed by atoms with E-state index in [-0.39, 0.29) is 11.9 Å². The van der Waals surface area contributed by atoms with Crippen LogP contribution in [0.4, 0.5) is 5.69 Å². The number of carbonyl (C=O) groups is 1. The van der Waals surface area contributed by atoms with Crippen LogP contribution in [0.1, 0.15) is 36.7 Å². The highest BCUT2D eigenvalue weighted by molar-refractivity contribution is 9.10. The first-order valence-electron chi connectivity index (χ1n) is 6.97. The Morgan fingerprint density at radius 1 is 1.40 bits per heavy atom. The van der Waals surface area contributed by atoms with Gasteiger partial charge in [-0.25, -0.2) is 0 Å². The highest BCUT2D eigenvalue weighted by Crippen LogP contribution is 2.22. The first-order valence-corrected chi connectivity index (χ1v) is 7.77. The average molecular weight is 342 g/mol. The summed E-state index contributed by atoms with van der Waals surface area (Å²) in [5.74, 6) is -0.0739. The Kier molecular flexibility index (Phi) is 6.49. The molecule has 20 heavy (non-hydrogen) atoms. The molecule has 112 valence electrons. The zero-order chi connectivity index (χ0) is 15.3. The number of nitrogens with zero attached hydrogens (tertiary/aromatic N) is 1. The van der Waals surface area contributed by atoms with Gasteiger partial charge in [-0.3, -0.25) is 4.79 Å². The molecule has 1 unspecified atom stereocenters. The van der Waals surface area contributed by atoms with Crippen molar-refractivity contribution in [2.45, 2.75) is 33.7 Å². The van der Waals surface area contributed by atoms with Crippen LogP contribution >= 0.6 is 15.9 Å². The number of carbonyl (C=O) groups excluding carboxylic acids is 1. The fourth-order valence-corrected chi connectivity index (χ4v) is 2.63. The number of nitrogens with two attached hydrogens (primary N) is 1. The molecule has 0 heterocycles. The van der Waals surface area contributed by atoms with Gasteiger partial charge in [0.1, 0.15) is 0 Å². The van der Waals surface area contributed by atoms with E-state index in [0.717, 1.165) is 29.7 Å². The topological polar surface area (TPSA) is 58.4 Å². The standard InChI is InChI=1S/C15H24BrN3O/c1-5-19(6-2)9-10(3)18-15(20)13-7-12(16)8-14(17)11(13)4/h7-8,10H,5-6,9,17H2,1-4H3,(H,18,20). The lowest BCUT2D eigenvalue weighted by Crippen LogP contribution is -2.42. The molecular formula is C15H24BrN3O. The van der Waals surface area contributed by atoms with E-state index in [1.165, 1.54) is 0 Å². The summed E-state index contributed by atoms with van der Waals surface area (Å²) in [7, 11) is 0. The number of benzene rings is 1. The van der Waals surface area contributed by atoms with Gasteiger partial charge in [-0.05, 0) is 44.6 Å². The van der Waals surface area contributed by atoms with Gasteiger partial charge >= 0.3 is 0 Å². The number of hydrogen-bond donors (Lipinski definition) is 2. The van der Waals surface area contributed by atoms with Crippen molar-refractivity contribution in [3.05, 3.63) is 27.7 Å². The first kappa shape index (κ1) is 17.0. The molecule has 0 saturated heterocycles. The molecule has 0 spiro atoms. The first-order chi connectivity index (χ1) is 9.38. The number of halogens is 1. The van der Waals surface area contributed by atoms with Crippen LogP contribution in [0.2, 0.25) is 0 Å². The maximum absolute atomic E-state index is 12.3. The lowest BCUT2D eigenvalue weighted by Gasteiger charge is -2.23. The van der Waals surface area contributed by atoms with E-state index in [2.05, 4.69) is 40.0 Å². The number of hydrogen-bond acceptors (Lipinski definition) is 3. The van der Waals surface area contributed by atoms with Crippen LogP contribution in [0.3, 0.4) is 0 Å². The third-order valence-electron chi connectivity index (χ3n) is 3.46. The SMILES string of the molecule is CCN(CC)CC(C)NC(=O)c1cc(Br)cc(N)c1C. The van der Waals surface area contributed by atoms with Crippen molar-refractivity contribution < 1.29 is 4.79 Å². The largest absolute Gasteiger partial charge is 0.398 e.